The Bertz CT molecular complexity index is 955. The fraction of sp³-hybridized carbons (Fsp3) is 0.200. The Kier molecular flexibility index (Phi) is 3.45. The maximum Gasteiger partial charge on any atom is 0.349 e. The van der Waals surface area contributed by atoms with Crippen molar-refractivity contribution in [3.63, 3.8) is 0 Å². The third kappa shape index (κ3) is 2.60. The highest BCUT2D eigenvalue weighted by molar-refractivity contribution is 5.96. The molecular formula is C20H17NO3. The summed E-state index contributed by atoms with van der Waals surface area (Å²) in [6, 6.07) is 18.9. The monoisotopic (exact) mass is 319 g/mol. The zero-order valence-electron chi connectivity index (χ0n) is 13.1. The number of carbonyl (C=O) groups is 1. The van der Waals surface area contributed by atoms with Gasteiger partial charge in [0.05, 0.1) is 0 Å². The van der Waals surface area contributed by atoms with Gasteiger partial charge in [0.15, 0.2) is 0 Å². The highest BCUT2D eigenvalue weighted by atomic mass is 16.4. The van der Waals surface area contributed by atoms with E-state index in [4.69, 9.17) is 4.42 Å². The standard InChI is InChI=1S/C20H17NO3/c22-18(16-12-14-6-4-5-9-17(14)24-19(16)23)21-13-20(10-11-20)15-7-2-1-3-8-15/h1-9,12H,10-11,13H2,(H,21,22). The molecule has 0 radical (unpaired) electrons. The van der Waals surface area contributed by atoms with E-state index in [1.54, 1.807) is 18.2 Å². The van der Waals surface area contributed by atoms with Gasteiger partial charge in [0, 0.05) is 17.3 Å². The molecular weight excluding hydrogens is 302 g/mol. The van der Waals surface area contributed by atoms with Gasteiger partial charge in [-0.3, -0.25) is 4.79 Å². The summed E-state index contributed by atoms with van der Waals surface area (Å²) in [5.74, 6) is -0.378. The number of nitrogens with one attached hydrogen (secondary N) is 1. The minimum absolute atomic E-state index is 0.00790. The van der Waals surface area contributed by atoms with Crippen molar-refractivity contribution in [1.29, 1.82) is 0 Å². The van der Waals surface area contributed by atoms with Gasteiger partial charge < -0.3 is 9.73 Å². The van der Waals surface area contributed by atoms with E-state index in [1.807, 2.05) is 30.3 Å². The molecule has 0 bridgehead atoms. The minimum Gasteiger partial charge on any atom is -0.422 e. The van der Waals surface area contributed by atoms with E-state index < -0.39 is 5.63 Å². The molecule has 0 unspecified atom stereocenters. The lowest BCUT2D eigenvalue weighted by molar-refractivity contribution is 0.0946. The average molecular weight is 319 g/mol. The van der Waals surface area contributed by atoms with E-state index in [9.17, 15) is 9.59 Å². The Morgan fingerprint density at radius 3 is 2.50 bits per heavy atom. The van der Waals surface area contributed by atoms with Crippen molar-refractivity contribution in [2.24, 2.45) is 0 Å². The molecule has 0 atom stereocenters. The van der Waals surface area contributed by atoms with Crippen LogP contribution in [0.1, 0.15) is 28.8 Å². The van der Waals surface area contributed by atoms with Crippen LogP contribution in [0.15, 0.2) is 69.9 Å². The fourth-order valence-electron chi connectivity index (χ4n) is 3.08. The Balaban J connectivity index is 1.55. The lowest BCUT2D eigenvalue weighted by Crippen LogP contribution is -2.34. The summed E-state index contributed by atoms with van der Waals surface area (Å²) in [4.78, 5) is 24.5. The molecule has 1 amide bonds. The summed E-state index contributed by atoms with van der Waals surface area (Å²) >= 11 is 0. The highest BCUT2D eigenvalue weighted by Crippen LogP contribution is 2.47. The average Bonchev–Trinajstić information content (AvgIpc) is 3.41. The summed E-state index contributed by atoms with van der Waals surface area (Å²) in [5.41, 5.74) is 1.18. The molecule has 1 fully saturated rings. The molecule has 4 rings (SSSR count). The van der Waals surface area contributed by atoms with Gasteiger partial charge in [0.25, 0.3) is 5.91 Å². The lowest BCUT2D eigenvalue weighted by Gasteiger charge is -2.16. The zero-order valence-corrected chi connectivity index (χ0v) is 13.1. The van der Waals surface area contributed by atoms with E-state index in [0.29, 0.717) is 12.1 Å². The molecule has 1 heterocycles. The third-order valence-corrected chi connectivity index (χ3v) is 4.71. The zero-order chi connectivity index (χ0) is 16.6. The summed E-state index contributed by atoms with van der Waals surface area (Å²) in [5, 5.41) is 3.65. The van der Waals surface area contributed by atoms with Gasteiger partial charge in [0.2, 0.25) is 0 Å². The fourth-order valence-corrected chi connectivity index (χ4v) is 3.08. The quantitative estimate of drug-likeness (QED) is 0.751. The van der Waals surface area contributed by atoms with Crippen LogP contribution in [0.4, 0.5) is 0 Å². The number of amides is 1. The summed E-state index contributed by atoms with van der Waals surface area (Å²) in [6.07, 6.45) is 2.09. The Morgan fingerprint density at radius 1 is 1.04 bits per heavy atom. The van der Waals surface area contributed by atoms with E-state index >= 15 is 0 Å². The van der Waals surface area contributed by atoms with Gasteiger partial charge in [-0.15, -0.1) is 0 Å². The molecule has 24 heavy (non-hydrogen) atoms. The van der Waals surface area contributed by atoms with Crippen LogP contribution >= 0.6 is 0 Å². The summed E-state index contributed by atoms with van der Waals surface area (Å²) in [6.45, 7) is 0.530. The Morgan fingerprint density at radius 2 is 1.75 bits per heavy atom. The molecule has 2 aromatic carbocycles. The molecule has 0 spiro atoms. The smallest absolute Gasteiger partial charge is 0.349 e. The maximum absolute atomic E-state index is 12.4. The first kappa shape index (κ1) is 14.7. The molecule has 0 saturated heterocycles. The predicted molar refractivity (Wildman–Crippen MR) is 92.2 cm³/mol. The first-order valence-corrected chi connectivity index (χ1v) is 8.05. The number of rotatable bonds is 4. The Hall–Kier alpha value is -2.88. The largest absolute Gasteiger partial charge is 0.422 e. The Labute approximate surface area is 139 Å². The van der Waals surface area contributed by atoms with Crippen molar-refractivity contribution in [2.45, 2.75) is 18.3 Å². The van der Waals surface area contributed by atoms with Crippen molar-refractivity contribution in [3.05, 3.63) is 82.2 Å². The van der Waals surface area contributed by atoms with Crippen LogP contribution in [0, 0.1) is 0 Å². The second kappa shape index (κ2) is 5.64. The first-order chi connectivity index (χ1) is 11.7. The van der Waals surface area contributed by atoms with Gasteiger partial charge >= 0.3 is 5.63 Å². The molecule has 0 aliphatic heterocycles. The van der Waals surface area contributed by atoms with Gasteiger partial charge in [-0.2, -0.15) is 0 Å². The van der Waals surface area contributed by atoms with Crippen LogP contribution in [0.2, 0.25) is 0 Å². The molecule has 1 aliphatic rings. The molecule has 4 nitrogen and oxygen atoms in total. The van der Waals surface area contributed by atoms with E-state index in [1.165, 1.54) is 5.56 Å². The number of benzene rings is 2. The highest BCUT2D eigenvalue weighted by Gasteiger charge is 2.44. The lowest BCUT2D eigenvalue weighted by atomic mass is 9.96. The number of fused-ring (bicyclic) bond motifs is 1. The molecule has 3 aromatic rings. The molecule has 1 saturated carbocycles. The molecule has 1 aromatic heterocycles. The van der Waals surface area contributed by atoms with Gasteiger partial charge in [0.1, 0.15) is 11.1 Å². The SMILES string of the molecule is O=C(NCC1(c2ccccc2)CC1)c1cc2ccccc2oc1=O. The molecule has 4 heteroatoms. The predicted octanol–water partition coefficient (Wildman–Crippen LogP) is 3.25. The first-order valence-electron chi connectivity index (χ1n) is 8.05. The minimum atomic E-state index is -0.601. The van der Waals surface area contributed by atoms with Crippen LogP contribution < -0.4 is 10.9 Å². The number of hydrogen-bond acceptors (Lipinski definition) is 3. The summed E-state index contributed by atoms with van der Waals surface area (Å²) in [7, 11) is 0. The third-order valence-electron chi connectivity index (χ3n) is 4.71. The van der Waals surface area contributed by atoms with Crippen molar-refractivity contribution < 1.29 is 9.21 Å². The topological polar surface area (TPSA) is 59.3 Å². The van der Waals surface area contributed by atoms with Crippen molar-refractivity contribution in [1.82, 2.24) is 5.32 Å². The molecule has 120 valence electrons. The van der Waals surface area contributed by atoms with Crippen LogP contribution in [-0.4, -0.2) is 12.5 Å². The normalized spacial score (nSPS) is 15.2. The van der Waals surface area contributed by atoms with Crippen LogP contribution in [0.3, 0.4) is 0 Å². The van der Waals surface area contributed by atoms with Crippen LogP contribution in [0.5, 0.6) is 0 Å². The van der Waals surface area contributed by atoms with Crippen LogP contribution in [-0.2, 0) is 5.41 Å². The summed E-state index contributed by atoms with van der Waals surface area (Å²) < 4.78 is 5.23. The van der Waals surface area contributed by atoms with Crippen molar-refractivity contribution in [3.8, 4) is 0 Å². The van der Waals surface area contributed by atoms with E-state index in [0.717, 1.165) is 18.2 Å². The van der Waals surface area contributed by atoms with Crippen molar-refractivity contribution in [2.75, 3.05) is 6.54 Å². The van der Waals surface area contributed by atoms with E-state index in [2.05, 4.69) is 17.4 Å². The molecule has 1 N–H and O–H groups in total. The number of hydrogen-bond donors (Lipinski definition) is 1. The second-order valence-electron chi connectivity index (χ2n) is 6.31. The van der Waals surface area contributed by atoms with Crippen molar-refractivity contribution >= 4 is 16.9 Å². The van der Waals surface area contributed by atoms with E-state index in [-0.39, 0.29) is 16.9 Å². The number of carbonyl (C=O) groups excluding carboxylic acids is 1. The maximum atomic E-state index is 12.4. The number of para-hydroxylation sites is 1. The van der Waals surface area contributed by atoms with Gasteiger partial charge in [-0.05, 0) is 30.5 Å². The second-order valence-corrected chi connectivity index (χ2v) is 6.31. The van der Waals surface area contributed by atoms with Crippen LogP contribution in [0.25, 0.3) is 11.0 Å². The molecule has 1 aliphatic carbocycles. The van der Waals surface area contributed by atoms with Gasteiger partial charge in [-0.25, -0.2) is 4.79 Å². The van der Waals surface area contributed by atoms with Gasteiger partial charge in [-0.1, -0.05) is 48.5 Å².